The molecule has 0 aromatic heterocycles. The molecule has 0 aliphatic rings. The molecule has 4 nitrogen and oxygen atoms in total. The average molecular weight is 340 g/mol. The fourth-order valence-corrected chi connectivity index (χ4v) is 2.42. The number of aliphatic imine (C=N–C) groups is 1. The number of nitrogens with zero attached hydrogens (tertiary/aromatic N) is 1. The predicted octanol–water partition coefficient (Wildman–Crippen LogP) is 2.47. The van der Waals surface area contributed by atoms with Crippen molar-refractivity contribution in [1.82, 2.24) is 0 Å². The molecule has 0 radical (unpaired) electrons. The van der Waals surface area contributed by atoms with Gasteiger partial charge in [-0.1, -0.05) is 6.92 Å². The van der Waals surface area contributed by atoms with Crippen LogP contribution in [0.3, 0.4) is 0 Å². The summed E-state index contributed by atoms with van der Waals surface area (Å²) in [5.41, 5.74) is 5.97. The number of alkyl halides is 1. The first kappa shape index (κ1) is 14.5. The number of hydrogen-bond acceptors (Lipinski definition) is 3. The van der Waals surface area contributed by atoms with E-state index >= 15 is 0 Å². The second-order valence-corrected chi connectivity index (χ2v) is 6.65. The molecule has 7 heteroatoms. The molecule has 0 aliphatic heterocycles. The van der Waals surface area contributed by atoms with E-state index in [1.165, 1.54) is 12.1 Å². The minimum atomic E-state index is -3.24. The van der Waals surface area contributed by atoms with Crippen LogP contribution in [0.2, 0.25) is 0 Å². The quantitative estimate of drug-likeness (QED) is 0.520. The lowest BCUT2D eigenvalue weighted by atomic mass is 10.3. The molecule has 0 atom stereocenters. The summed E-state index contributed by atoms with van der Waals surface area (Å²) in [5.74, 6) is 0.374. The van der Waals surface area contributed by atoms with Gasteiger partial charge in [0, 0.05) is 4.47 Å². The smallest absolute Gasteiger partial charge is 0.178 e. The van der Waals surface area contributed by atoms with Crippen molar-refractivity contribution in [3.05, 3.63) is 22.7 Å². The molecule has 2 N–H and O–H groups in total. The summed E-state index contributed by atoms with van der Waals surface area (Å²) in [4.78, 5) is 4.26. The Kier molecular flexibility index (Phi) is 4.97. The van der Waals surface area contributed by atoms with Crippen LogP contribution >= 0.6 is 27.5 Å². The Labute approximate surface area is 114 Å². The normalized spacial score (nSPS) is 12.8. The van der Waals surface area contributed by atoms with Crippen molar-refractivity contribution in [2.45, 2.75) is 11.8 Å². The highest BCUT2D eigenvalue weighted by Crippen LogP contribution is 2.28. The molecule has 1 aromatic carbocycles. The highest BCUT2D eigenvalue weighted by atomic mass is 79.9. The Morgan fingerprint density at radius 3 is 2.71 bits per heavy atom. The first-order chi connectivity index (χ1) is 7.90. The second-order valence-electron chi connectivity index (χ2n) is 3.25. The van der Waals surface area contributed by atoms with Gasteiger partial charge >= 0.3 is 0 Å². The lowest BCUT2D eigenvalue weighted by Crippen LogP contribution is -2.12. The van der Waals surface area contributed by atoms with Crippen LogP contribution in [0.1, 0.15) is 6.92 Å². The van der Waals surface area contributed by atoms with Gasteiger partial charge in [0.15, 0.2) is 9.84 Å². The minimum absolute atomic E-state index is 0.0444. The van der Waals surface area contributed by atoms with Gasteiger partial charge in [-0.15, -0.1) is 11.6 Å². The Bertz CT molecular complexity index is 543. The monoisotopic (exact) mass is 338 g/mol. The van der Waals surface area contributed by atoms with Gasteiger partial charge < -0.3 is 5.73 Å². The van der Waals surface area contributed by atoms with E-state index in [4.69, 9.17) is 17.3 Å². The molecule has 94 valence electrons. The number of halogens is 2. The summed E-state index contributed by atoms with van der Waals surface area (Å²) in [6.07, 6.45) is 0. The van der Waals surface area contributed by atoms with E-state index < -0.39 is 9.84 Å². The van der Waals surface area contributed by atoms with Crippen molar-refractivity contribution in [3.8, 4) is 0 Å². The number of amidine groups is 1. The molecule has 0 saturated heterocycles. The molecule has 0 bridgehead atoms. The predicted molar refractivity (Wildman–Crippen MR) is 73.9 cm³/mol. The molecule has 1 rings (SSSR count). The zero-order valence-electron chi connectivity index (χ0n) is 9.15. The summed E-state index contributed by atoms with van der Waals surface area (Å²) in [6.45, 7) is 1.59. The van der Waals surface area contributed by atoms with Crippen molar-refractivity contribution in [2.75, 3.05) is 11.6 Å². The third kappa shape index (κ3) is 3.69. The minimum Gasteiger partial charge on any atom is -0.386 e. The van der Waals surface area contributed by atoms with Crippen LogP contribution in [0.5, 0.6) is 0 Å². The maximum Gasteiger partial charge on any atom is 0.178 e. The molecule has 0 fully saturated rings. The first-order valence-electron chi connectivity index (χ1n) is 4.82. The van der Waals surface area contributed by atoms with Gasteiger partial charge in [0.25, 0.3) is 0 Å². The van der Waals surface area contributed by atoms with Crippen LogP contribution in [0.15, 0.2) is 32.6 Å². The highest BCUT2D eigenvalue weighted by Gasteiger charge is 2.13. The fourth-order valence-electron chi connectivity index (χ4n) is 1.12. The van der Waals surface area contributed by atoms with Crippen molar-refractivity contribution in [3.63, 3.8) is 0 Å². The zero-order chi connectivity index (χ0) is 13.1. The largest absolute Gasteiger partial charge is 0.386 e. The molecule has 0 unspecified atom stereocenters. The van der Waals surface area contributed by atoms with Crippen molar-refractivity contribution >= 4 is 48.9 Å². The second kappa shape index (κ2) is 5.84. The maximum atomic E-state index is 11.7. The molecule has 0 amide bonds. The van der Waals surface area contributed by atoms with E-state index in [1.807, 2.05) is 0 Å². The average Bonchev–Trinajstić information content (AvgIpc) is 2.31. The summed E-state index contributed by atoms with van der Waals surface area (Å²) in [6, 6.07) is 4.63. The molecule has 0 heterocycles. The summed E-state index contributed by atoms with van der Waals surface area (Å²) in [7, 11) is -3.24. The third-order valence-corrected chi connectivity index (χ3v) is 4.73. The van der Waals surface area contributed by atoms with Crippen LogP contribution in [0.25, 0.3) is 0 Å². The molecular formula is C10H12BrClN2O2S. The van der Waals surface area contributed by atoms with E-state index in [-0.39, 0.29) is 22.4 Å². The van der Waals surface area contributed by atoms with Crippen molar-refractivity contribution in [2.24, 2.45) is 10.7 Å². The van der Waals surface area contributed by atoms with Crippen LogP contribution in [0, 0.1) is 0 Å². The Balaban J connectivity index is 3.30. The fraction of sp³-hybridized carbons (Fsp3) is 0.300. The van der Waals surface area contributed by atoms with Gasteiger partial charge in [0.2, 0.25) is 0 Å². The van der Waals surface area contributed by atoms with Crippen LogP contribution < -0.4 is 5.73 Å². The Morgan fingerprint density at radius 1 is 1.53 bits per heavy atom. The Morgan fingerprint density at radius 2 is 2.18 bits per heavy atom. The SMILES string of the molecule is CCS(=O)(=O)c1ccc(Br)c(N=C(N)CCl)c1. The molecule has 0 saturated carbocycles. The lowest BCUT2D eigenvalue weighted by Gasteiger charge is -2.05. The summed E-state index contributed by atoms with van der Waals surface area (Å²) in [5, 5.41) is 0. The van der Waals surface area contributed by atoms with Gasteiger partial charge in [-0.05, 0) is 34.1 Å². The molecule has 0 aliphatic carbocycles. The van der Waals surface area contributed by atoms with Crippen LogP contribution in [-0.4, -0.2) is 25.9 Å². The van der Waals surface area contributed by atoms with Gasteiger partial charge in [-0.2, -0.15) is 0 Å². The van der Waals surface area contributed by atoms with Crippen molar-refractivity contribution in [1.29, 1.82) is 0 Å². The van der Waals surface area contributed by atoms with Crippen LogP contribution in [0.4, 0.5) is 5.69 Å². The maximum absolute atomic E-state index is 11.7. The van der Waals surface area contributed by atoms with E-state index in [2.05, 4.69) is 20.9 Å². The van der Waals surface area contributed by atoms with Crippen molar-refractivity contribution < 1.29 is 8.42 Å². The number of hydrogen-bond donors (Lipinski definition) is 1. The summed E-state index contributed by atoms with van der Waals surface area (Å²) < 4.78 is 24.1. The van der Waals surface area contributed by atoms with Gasteiger partial charge in [0.1, 0.15) is 5.84 Å². The van der Waals surface area contributed by atoms with E-state index in [0.29, 0.717) is 10.2 Å². The first-order valence-corrected chi connectivity index (χ1v) is 7.80. The zero-order valence-corrected chi connectivity index (χ0v) is 12.3. The van der Waals surface area contributed by atoms with Gasteiger partial charge in [-0.25, -0.2) is 13.4 Å². The van der Waals surface area contributed by atoms with E-state index in [1.54, 1.807) is 13.0 Å². The summed E-state index contributed by atoms with van der Waals surface area (Å²) >= 11 is 8.80. The molecule has 17 heavy (non-hydrogen) atoms. The number of rotatable bonds is 4. The molecule has 1 aromatic rings. The number of benzene rings is 1. The number of nitrogens with two attached hydrogens (primary N) is 1. The van der Waals surface area contributed by atoms with Gasteiger partial charge in [0.05, 0.1) is 22.2 Å². The Hall–Kier alpha value is -0.590. The molecule has 0 spiro atoms. The molecular weight excluding hydrogens is 328 g/mol. The third-order valence-electron chi connectivity index (χ3n) is 2.06. The van der Waals surface area contributed by atoms with Gasteiger partial charge in [-0.3, -0.25) is 0 Å². The van der Waals surface area contributed by atoms with E-state index in [0.717, 1.165) is 0 Å². The standard InChI is InChI=1S/C10H12BrClN2O2S/c1-2-17(15,16)7-3-4-8(11)9(5-7)14-10(13)6-12/h3-5H,2,6H2,1H3,(H2,13,14). The van der Waals surface area contributed by atoms with E-state index in [9.17, 15) is 8.42 Å². The number of sulfone groups is 1. The topological polar surface area (TPSA) is 72.5 Å². The van der Waals surface area contributed by atoms with Crippen LogP contribution in [-0.2, 0) is 9.84 Å². The highest BCUT2D eigenvalue weighted by molar-refractivity contribution is 9.10. The lowest BCUT2D eigenvalue weighted by molar-refractivity contribution is 0.597.